The van der Waals surface area contributed by atoms with Crippen molar-refractivity contribution in [2.75, 3.05) is 0 Å². The van der Waals surface area contributed by atoms with Crippen molar-refractivity contribution in [1.29, 1.82) is 0 Å². The first-order valence-corrected chi connectivity index (χ1v) is 7.72. The van der Waals surface area contributed by atoms with Crippen molar-refractivity contribution in [3.63, 3.8) is 0 Å². The van der Waals surface area contributed by atoms with Crippen LogP contribution in [0.2, 0.25) is 0 Å². The van der Waals surface area contributed by atoms with Gasteiger partial charge in [-0.2, -0.15) is 0 Å². The number of ether oxygens (including phenoxy) is 1. The molecular formula is C14H9FI2O3. The highest BCUT2D eigenvalue weighted by atomic mass is 127. The van der Waals surface area contributed by atoms with Gasteiger partial charge in [0, 0.05) is 0 Å². The highest BCUT2D eigenvalue weighted by Gasteiger charge is 2.12. The number of rotatable bonds is 4. The molecule has 0 bridgehead atoms. The molecular weight excluding hydrogens is 489 g/mol. The third-order valence-corrected chi connectivity index (χ3v) is 4.12. The molecule has 0 saturated carbocycles. The van der Waals surface area contributed by atoms with Crippen LogP contribution >= 0.6 is 45.2 Å². The zero-order chi connectivity index (χ0) is 14.7. The van der Waals surface area contributed by atoms with Gasteiger partial charge >= 0.3 is 5.97 Å². The SMILES string of the molecule is O=C(O)c1cc(I)c(OCc2cccc(F)c2)c(I)c1. The van der Waals surface area contributed by atoms with Gasteiger partial charge in [-0.15, -0.1) is 0 Å². The summed E-state index contributed by atoms with van der Waals surface area (Å²) in [6.45, 7) is 0.232. The number of aromatic carboxylic acids is 1. The van der Waals surface area contributed by atoms with Gasteiger partial charge in [-0.05, 0) is 75.0 Å². The first kappa shape index (κ1) is 15.5. The molecule has 0 aliphatic rings. The van der Waals surface area contributed by atoms with Crippen LogP contribution in [-0.2, 0) is 6.61 Å². The van der Waals surface area contributed by atoms with Crippen molar-refractivity contribution in [3.8, 4) is 5.75 Å². The smallest absolute Gasteiger partial charge is 0.335 e. The molecule has 0 unspecified atom stereocenters. The normalized spacial score (nSPS) is 10.3. The Labute approximate surface area is 142 Å². The van der Waals surface area contributed by atoms with Crippen molar-refractivity contribution in [1.82, 2.24) is 0 Å². The van der Waals surface area contributed by atoms with Crippen molar-refractivity contribution in [2.45, 2.75) is 6.61 Å². The lowest BCUT2D eigenvalue weighted by Crippen LogP contribution is -2.03. The number of carboxylic acid groups (broad SMARTS) is 1. The zero-order valence-electron chi connectivity index (χ0n) is 10.1. The molecule has 0 aliphatic heterocycles. The molecule has 0 radical (unpaired) electrons. The summed E-state index contributed by atoms with van der Waals surface area (Å²) in [6, 6.07) is 9.27. The van der Waals surface area contributed by atoms with Crippen LogP contribution in [-0.4, -0.2) is 11.1 Å². The number of carbonyl (C=O) groups is 1. The number of hydrogen-bond acceptors (Lipinski definition) is 2. The van der Waals surface area contributed by atoms with Gasteiger partial charge in [-0.3, -0.25) is 0 Å². The van der Waals surface area contributed by atoms with Gasteiger partial charge in [0.05, 0.1) is 12.7 Å². The van der Waals surface area contributed by atoms with Crippen LogP contribution in [0, 0.1) is 13.0 Å². The molecule has 2 rings (SSSR count). The Morgan fingerprint density at radius 1 is 1.20 bits per heavy atom. The molecule has 0 saturated heterocycles. The molecule has 0 amide bonds. The van der Waals surface area contributed by atoms with E-state index in [0.717, 1.165) is 5.56 Å². The second-order valence-corrected chi connectivity index (χ2v) is 6.32. The largest absolute Gasteiger partial charge is 0.487 e. The number of halogens is 3. The molecule has 0 atom stereocenters. The average Bonchev–Trinajstić information content (AvgIpc) is 2.37. The van der Waals surface area contributed by atoms with E-state index in [0.29, 0.717) is 12.9 Å². The van der Waals surface area contributed by atoms with Crippen molar-refractivity contribution in [3.05, 3.63) is 60.5 Å². The van der Waals surface area contributed by atoms with Crippen molar-refractivity contribution < 1.29 is 19.0 Å². The number of benzene rings is 2. The van der Waals surface area contributed by atoms with Crippen LogP contribution in [0.1, 0.15) is 15.9 Å². The Hall–Kier alpha value is -0.900. The van der Waals surface area contributed by atoms with Crippen LogP contribution in [0.25, 0.3) is 0 Å². The van der Waals surface area contributed by atoms with Gasteiger partial charge in [0.2, 0.25) is 0 Å². The second kappa shape index (κ2) is 6.70. The van der Waals surface area contributed by atoms with E-state index in [4.69, 9.17) is 9.84 Å². The monoisotopic (exact) mass is 498 g/mol. The maximum Gasteiger partial charge on any atom is 0.335 e. The van der Waals surface area contributed by atoms with Gasteiger partial charge in [-0.1, -0.05) is 12.1 Å². The predicted molar refractivity (Wildman–Crippen MR) is 89.6 cm³/mol. The summed E-state index contributed by atoms with van der Waals surface area (Å²) in [7, 11) is 0. The fourth-order valence-corrected chi connectivity index (χ4v) is 3.68. The van der Waals surface area contributed by atoms with E-state index in [9.17, 15) is 9.18 Å². The molecule has 0 spiro atoms. The van der Waals surface area contributed by atoms with Gasteiger partial charge < -0.3 is 9.84 Å². The number of hydrogen-bond donors (Lipinski definition) is 1. The van der Waals surface area contributed by atoms with E-state index >= 15 is 0 Å². The first-order chi connectivity index (χ1) is 9.47. The predicted octanol–water partition coefficient (Wildman–Crippen LogP) is 4.31. The minimum Gasteiger partial charge on any atom is -0.487 e. The van der Waals surface area contributed by atoms with Gasteiger partial charge in [-0.25, -0.2) is 9.18 Å². The Balaban J connectivity index is 2.20. The quantitative estimate of drug-likeness (QED) is 0.640. The molecule has 1 N–H and O–H groups in total. The summed E-state index contributed by atoms with van der Waals surface area (Å²) in [5, 5.41) is 8.97. The Kier molecular flexibility index (Phi) is 5.19. The third kappa shape index (κ3) is 3.81. The summed E-state index contributed by atoms with van der Waals surface area (Å²) in [5.74, 6) is -0.672. The second-order valence-electron chi connectivity index (χ2n) is 3.99. The minimum atomic E-state index is -0.975. The third-order valence-electron chi connectivity index (χ3n) is 2.52. The Morgan fingerprint density at radius 3 is 2.40 bits per heavy atom. The molecule has 0 heterocycles. The van der Waals surface area contributed by atoms with E-state index in [-0.39, 0.29) is 18.0 Å². The Bertz CT molecular complexity index is 636. The van der Waals surface area contributed by atoms with Crippen LogP contribution < -0.4 is 4.74 Å². The molecule has 0 fully saturated rings. The van der Waals surface area contributed by atoms with Crippen molar-refractivity contribution >= 4 is 51.2 Å². The van der Waals surface area contributed by atoms with E-state index in [1.54, 1.807) is 24.3 Å². The van der Waals surface area contributed by atoms with E-state index in [1.165, 1.54) is 12.1 Å². The topological polar surface area (TPSA) is 46.5 Å². The molecule has 2 aromatic carbocycles. The summed E-state index contributed by atoms with van der Waals surface area (Å²) in [4.78, 5) is 10.9. The maximum absolute atomic E-state index is 13.1. The lowest BCUT2D eigenvalue weighted by Gasteiger charge is -2.11. The van der Waals surface area contributed by atoms with Crippen LogP contribution in [0.5, 0.6) is 5.75 Å². The zero-order valence-corrected chi connectivity index (χ0v) is 14.4. The minimum absolute atomic E-state index is 0.219. The molecule has 20 heavy (non-hydrogen) atoms. The van der Waals surface area contributed by atoms with Crippen LogP contribution in [0.15, 0.2) is 36.4 Å². The molecule has 0 aromatic heterocycles. The number of carboxylic acids is 1. The van der Waals surface area contributed by atoms with Gasteiger partial charge in [0.25, 0.3) is 0 Å². The van der Waals surface area contributed by atoms with E-state index in [2.05, 4.69) is 0 Å². The molecule has 2 aromatic rings. The lowest BCUT2D eigenvalue weighted by atomic mass is 10.2. The van der Waals surface area contributed by atoms with Gasteiger partial charge in [0.15, 0.2) is 0 Å². The molecule has 0 aliphatic carbocycles. The fourth-order valence-electron chi connectivity index (χ4n) is 1.60. The molecule has 3 nitrogen and oxygen atoms in total. The van der Waals surface area contributed by atoms with Gasteiger partial charge in [0.1, 0.15) is 18.2 Å². The van der Waals surface area contributed by atoms with E-state index < -0.39 is 5.97 Å². The van der Waals surface area contributed by atoms with E-state index in [1.807, 2.05) is 45.2 Å². The van der Waals surface area contributed by atoms with Crippen molar-refractivity contribution in [2.24, 2.45) is 0 Å². The summed E-state index contributed by atoms with van der Waals surface area (Å²) >= 11 is 4.05. The highest BCUT2D eigenvalue weighted by molar-refractivity contribution is 14.1. The maximum atomic E-state index is 13.1. The summed E-state index contributed by atoms with van der Waals surface area (Å²) in [6.07, 6.45) is 0. The Morgan fingerprint density at radius 2 is 1.85 bits per heavy atom. The lowest BCUT2D eigenvalue weighted by molar-refractivity contribution is 0.0696. The fraction of sp³-hybridized carbons (Fsp3) is 0.0714. The average molecular weight is 498 g/mol. The standard InChI is InChI=1S/C14H9FI2O3/c15-10-3-1-2-8(4-10)7-20-13-11(16)5-9(14(18)19)6-12(13)17/h1-6H,7H2,(H,18,19). The van der Waals surface area contributed by atoms with Crippen LogP contribution in [0.3, 0.4) is 0 Å². The summed E-state index contributed by atoms with van der Waals surface area (Å²) in [5.41, 5.74) is 0.941. The first-order valence-electron chi connectivity index (χ1n) is 5.57. The molecule has 6 heteroatoms. The van der Waals surface area contributed by atoms with Crippen LogP contribution in [0.4, 0.5) is 4.39 Å². The summed E-state index contributed by atoms with van der Waals surface area (Å²) < 4.78 is 20.2. The highest BCUT2D eigenvalue weighted by Crippen LogP contribution is 2.29. The molecule has 104 valence electrons.